The van der Waals surface area contributed by atoms with E-state index in [9.17, 15) is 4.79 Å². The second kappa shape index (κ2) is 7.70. The van der Waals surface area contributed by atoms with Gasteiger partial charge < -0.3 is 20.1 Å². The van der Waals surface area contributed by atoms with Crippen LogP contribution >= 0.6 is 0 Å². The number of rotatable bonds is 5. The molecule has 0 radical (unpaired) electrons. The smallest absolute Gasteiger partial charge is 0.407 e. The summed E-state index contributed by atoms with van der Waals surface area (Å²) in [6.07, 6.45) is 2.71. The first-order valence-corrected chi connectivity index (χ1v) is 7.17. The van der Waals surface area contributed by atoms with Crippen LogP contribution in [0.3, 0.4) is 0 Å². The molecule has 0 saturated carbocycles. The third-order valence-electron chi connectivity index (χ3n) is 2.99. The van der Waals surface area contributed by atoms with Gasteiger partial charge in [0.25, 0.3) is 0 Å². The molecule has 19 heavy (non-hydrogen) atoms. The van der Waals surface area contributed by atoms with Crippen LogP contribution in [0.15, 0.2) is 0 Å². The van der Waals surface area contributed by atoms with Crippen LogP contribution in [0.2, 0.25) is 0 Å². The standard InChI is InChI=1S/C14H28N2O3/c1-11(16-13(17)19-14(2,3)4)5-8-15-12-6-9-18-10-7-12/h11-12,15H,5-10H2,1-4H3,(H,16,17). The number of amides is 1. The Bertz CT molecular complexity index is 270. The van der Waals surface area contributed by atoms with Crippen LogP contribution in [0.25, 0.3) is 0 Å². The summed E-state index contributed by atoms with van der Waals surface area (Å²) in [7, 11) is 0. The maximum absolute atomic E-state index is 11.6. The van der Waals surface area contributed by atoms with Crippen molar-refractivity contribution in [1.29, 1.82) is 0 Å². The molecule has 0 spiro atoms. The molecule has 0 aromatic carbocycles. The van der Waals surface area contributed by atoms with Crippen molar-refractivity contribution in [1.82, 2.24) is 10.6 Å². The molecule has 112 valence electrons. The summed E-state index contributed by atoms with van der Waals surface area (Å²) < 4.78 is 10.5. The van der Waals surface area contributed by atoms with Crippen LogP contribution < -0.4 is 10.6 Å². The molecule has 1 heterocycles. The molecule has 5 nitrogen and oxygen atoms in total. The van der Waals surface area contributed by atoms with Crippen LogP contribution in [0.1, 0.15) is 47.0 Å². The van der Waals surface area contributed by atoms with Crippen molar-refractivity contribution >= 4 is 6.09 Å². The van der Waals surface area contributed by atoms with Crippen LogP contribution in [-0.2, 0) is 9.47 Å². The zero-order valence-corrected chi connectivity index (χ0v) is 12.6. The van der Waals surface area contributed by atoms with Crippen LogP contribution in [0, 0.1) is 0 Å². The van der Waals surface area contributed by atoms with Crippen molar-refractivity contribution in [3.05, 3.63) is 0 Å². The van der Waals surface area contributed by atoms with Crippen molar-refractivity contribution in [3.63, 3.8) is 0 Å². The van der Waals surface area contributed by atoms with E-state index in [0.29, 0.717) is 6.04 Å². The summed E-state index contributed by atoms with van der Waals surface area (Å²) >= 11 is 0. The van der Waals surface area contributed by atoms with E-state index in [1.165, 1.54) is 0 Å². The number of alkyl carbamates (subject to hydrolysis) is 1. The van der Waals surface area contributed by atoms with Crippen LogP contribution in [-0.4, -0.2) is 43.5 Å². The Hall–Kier alpha value is -0.810. The monoisotopic (exact) mass is 272 g/mol. The zero-order valence-electron chi connectivity index (χ0n) is 12.6. The summed E-state index contributed by atoms with van der Waals surface area (Å²) in [4.78, 5) is 11.6. The number of nitrogens with one attached hydrogen (secondary N) is 2. The maximum atomic E-state index is 11.6. The quantitative estimate of drug-likeness (QED) is 0.804. The third-order valence-corrected chi connectivity index (χ3v) is 2.99. The highest BCUT2D eigenvalue weighted by molar-refractivity contribution is 5.67. The molecule has 1 fully saturated rings. The highest BCUT2D eigenvalue weighted by Gasteiger charge is 2.18. The van der Waals surface area contributed by atoms with Gasteiger partial charge in [-0.3, -0.25) is 0 Å². The summed E-state index contributed by atoms with van der Waals surface area (Å²) in [5.74, 6) is 0. The van der Waals surface area contributed by atoms with Gasteiger partial charge in [-0.25, -0.2) is 4.79 Å². The molecular weight excluding hydrogens is 244 g/mol. The van der Waals surface area contributed by atoms with Gasteiger partial charge in [0.1, 0.15) is 5.60 Å². The van der Waals surface area contributed by atoms with Gasteiger partial charge in [-0.2, -0.15) is 0 Å². The average molecular weight is 272 g/mol. The van der Waals surface area contributed by atoms with Gasteiger partial charge in [0.15, 0.2) is 0 Å². The molecule has 5 heteroatoms. The largest absolute Gasteiger partial charge is 0.444 e. The zero-order chi connectivity index (χ0) is 14.3. The first-order chi connectivity index (χ1) is 8.87. The van der Waals surface area contributed by atoms with Gasteiger partial charge in [-0.15, -0.1) is 0 Å². The normalized spacial score (nSPS) is 18.9. The molecule has 0 aromatic rings. The summed E-state index contributed by atoms with van der Waals surface area (Å²) in [6.45, 7) is 10.2. The lowest BCUT2D eigenvalue weighted by Crippen LogP contribution is -2.41. The van der Waals surface area contributed by atoms with E-state index in [1.54, 1.807) is 0 Å². The number of hydrogen-bond acceptors (Lipinski definition) is 4. The fourth-order valence-electron chi connectivity index (χ4n) is 1.99. The Morgan fingerprint density at radius 3 is 2.58 bits per heavy atom. The van der Waals surface area contributed by atoms with E-state index >= 15 is 0 Å². The first kappa shape index (κ1) is 16.2. The predicted octanol–water partition coefficient (Wildman–Crippen LogP) is 2.06. The third kappa shape index (κ3) is 8.06. The van der Waals surface area contributed by atoms with Crippen molar-refractivity contribution in [3.8, 4) is 0 Å². The Morgan fingerprint density at radius 2 is 2.00 bits per heavy atom. The minimum atomic E-state index is -0.440. The second-order valence-corrected chi connectivity index (χ2v) is 6.18. The Balaban J connectivity index is 2.10. The Kier molecular flexibility index (Phi) is 6.58. The van der Waals surface area contributed by atoms with Crippen molar-refractivity contribution in [2.45, 2.75) is 64.6 Å². The fraction of sp³-hybridized carbons (Fsp3) is 0.929. The van der Waals surface area contributed by atoms with Crippen LogP contribution in [0.4, 0.5) is 4.79 Å². The minimum absolute atomic E-state index is 0.113. The van der Waals surface area contributed by atoms with Crippen molar-refractivity contribution in [2.24, 2.45) is 0 Å². The molecule has 2 N–H and O–H groups in total. The van der Waals surface area contributed by atoms with E-state index in [-0.39, 0.29) is 12.1 Å². The molecule has 1 amide bonds. The average Bonchev–Trinajstić information content (AvgIpc) is 2.27. The lowest BCUT2D eigenvalue weighted by Gasteiger charge is -2.25. The molecule has 1 saturated heterocycles. The molecule has 1 unspecified atom stereocenters. The number of carbonyl (C=O) groups excluding carboxylic acids is 1. The van der Waals surface area contributed by atoms with Gasteiger partial charge >= 0.3 is 6.09 Å². The molecule has 0 bridgehead atoms. The lowest BCUT2D eigenvalue weighted by molar-refractivity contribution is 0.0505. The molecule has 1 aliphatic heterocycles. The van der Waals surface area contributed by atoms with Crippen LogP contribution in [0.5, 0.6) is 0 Å². The Labute approximate surface area is 116 Å². The predicted molar refractivity (Wildman–Crippen MR) is 75.3 cm³/mol. The molecule has 0 aliphatic carbocycles. The Morgan fingerprint density at radius 1 is 1.37 bits per heavy atom. The van der Waals surface area contributed by atoms with E-state index < -0.39 is 5.60 Å². The van der Waals surface area contributed by atoms with E-state index in [2.05, 4.69) is 10.6 Å². The van der Waals surface area contributed by atoms with Crippen molar-refractivity contribution in [2.75, 3.05) is 19.8 Å². The summed E-state index contributed by atoms with van der Waals surface area (Å²) in [5.41, 5.74) is -0.440. The topological polar surface area (TPSA) is 59.6 Å². The van der Waals surface area contributed by atoms with Gasteiger partial charge in [0.05, 0.1) is 0 Å². The molecule has 1 aliphatic rings. The SMILES string of the molecule is CC(CCNC1CCOCC1)NC(=O)OC(C)(C)C. The van der Waals surface area contributed by atoms with Gasteiger partial charge in [-0.1, -0.05) is 0 Å². The summed E-state index contributed by atoms with van der Waals surface area (Å²) in [5, 5.41) is 6.35. The second-order valence-electron chi connectivity index (χ2n) is 6.18. The first-order valence-electron chi connectivity index (χ1n) is 7.17. The van der Waals surface area contributed by atoms with Gasteiger partial charge in [-0.05, 0) is 53.5 Å². The summed E-state index contributed by atoms with van der Waals surface area (Å²) in [6, 6.07) is 0.671. The number of carbonyl (C=O) groups is 1. The highest BCUT2D eigenvalue weighted by Crippen LogP contribution is 2.08. The van der Waals surface area contributed by atoms with E-state index in [0.717, 1.165) is 39.0 Å². The maximum Gasteiger partial charge on any atom is 0.407 e. The van der Waals surface area contributed by atoms with E-state index in [4.69, 9.17) is 9.47 Å². The van der Waals surface area contributed by atoms with Crippen molar-refractivity contribution < 1.29 is 14.3 Å². The van der Waals surface area contributed by atoms with E-state index in [1.807, 2.05) is 27.7 Å². The lowest BCUT2D eigenvalue weighted by atomic mass is 10.1. The molecule has 1 atom stereocenters. The van der Waals surface area contributed by atoms with Gasteiger partial charge in [0.2, 0.25) is 0 Å². The molecule has 1 rings (SSSR count). The van der Waals surface area contributed by atoms with Gasteiger partial charge in [0, 0.05) is 25.3 Å². The minimum Gasteiger partial charge on any atom is -0.444 e. The molecule has 0 aromatic heterocycles. The highest BCUT2D eigenvalue weighted by atomic mass is 16.6. The molecular formula is C14H28N2O3. The number of hydrogen-bond donors (Lipinski definition) is 2. The fourth-order valence-corrected chi connectivity index (χ4v) is 1.99. The number of ether oxygens (including phenoxy) is 2.